The molecule has 0 amide bonds. The minimum Gasteiger partial charge on any atom is -0.446 e. The van der Waals surface area contributed by atoms with Crippen LogP contribution in [0.4, 0.5) is 5.69 Å². The lowest BCUT2D eigenvalue weighted by Crippen LogP contribution is -2.69. The van der Waals surface area contributed by atoms with Gasteiger partial charge in [0.2, 0.25) is 0 Å². The van der Waals surface area contributed by atoms with Crippen LogP contribution in [0.25, 0.3) is 0 Å². The fraction of sp³-hybridized carbons (Fsp3) is 0. The first-order valence-electron chi connectivity index (χ1n) is 2.99. The molecule has 2 heteroatoms. The zero-order valence-electron chi connectivity index (χ0n) is 5.54. The summed E-state index contributed by atoms with van der Waals surface area (Å²) in [6.07, 6.45) is 0. The Bertz CT molecular complexity index is 243. The lowest BCUT2D eigenvalue weighted by atomic mass is 10.2. The summed E-state index contributed by atoms with van der Waals surface area (Å²) < 4.78 is 0. The van der Waals surface area contributed by atoms with E-state index in [1.54, 1.807) is 17.4 Å². The number of nitrogens with two attached hydrogens (primary N) is 1. The van der Waals surface area contributed by atoms with Crippen molar-refractivity contribution in [2.75, 3.05) is 0 Å². The number of hydrogen-bond acceptors (Lipinski definition) is 1. The summed E-state index contributed by atoms with van der Waals surface area (Å²) in [6.45, 7) is 0. The third-order valence-corrected chi connectivity index (χ3v) is 1.28. The Hall–Kier alpha value is -1.33. The van der Waals surface area contributed by atoms with Gasteiger partial charge in [0.1, 0.15) is 5.69 Å². The van der Waals surface area contributed by atoms with Gasteiger partial charge < -0.3 is 5.32 Å². The fourth-order valence-electron chi connectivity index (χ4n) is 0.694. The Morgan fingerprint density at radius 2 is 1.90 bits per heavy atom. The van der Waals surface area contributed by atoms with Crippen LogP contribution in [0.1, 0.15) is 5.56 Å². The van der Waals surface area contributed by atoms with E-state index in [1.807, 2.05) is 18.2 Å². The van der Waals surface area contributed by atoms with Crippen molar-refractivity contribution in [3.05, 3.63) is 36.9 Å². The van der Waals surface area contributed by atoms with Gasteiger partial charge in [0.15, 0.2) is 0 Å². The molecule has 0 atom stereocenters. The third kappa shape index (κ3) is 1.34. The quantitative estimate of drug-likeness (QED) is 0.440. The molecule has 1 rings (SSSR count). The van der Waals surface area contributed by atoms with Crippen molar-refractivity contribution in [2.24, 2.45) is 0 Å². The average Bonchev–Trinajstić information content (AvgIpc) is 2.05. The van der Waals surface area contributed by atoms with Gasteiger partial charge in [-0.15, -0.1) is 7.05 Å². The second-order valence-electron chi connectivity index (χ2n) is 1.94. The topological polar surface area (TPSA) is 40.4 Å². The van der Waals surface area contributed by atoms with E-state index < -0.39 is 0 Å². The molecule has 0 radical (unpaired) electrons. The Morgan fingerprint density at radius 1 is 1.30 bits per heavy atom. The van der Waals surface area contributed by atoms with Gasteiger partial charge >= 0.3 is 0 Å². The molecule has 0 bridgehead atoms. The van der Waals surface area contributed by atoms with Crippen LogP contribution in [0.2, 0.25) is 0 Å². The smallest absolute Gasteiger partial charge is 0.103 e. The summed E-state index contributed by atoms with van der Waals surface area (Å²) in [4.78, 5) is 0. The molecule has 0 aliphatic carbocycles. The van der Waals surface area contributed by atoms with Crippen LogP contribution in [0, 0.1) is 18.4 Å². The molecule has 0 saturated heterocycles. The van der Waals surface area contributed by atoms with Crippen LogP contribution < -0.4 is 5.32 Å². The number of benzene rings is 1. The van der Waals surface area contributed by atoms with Crippen molar-refractivity contribution < 1.29 is 5.32 Å². The Kier molecular flexibility index (Phi) is 2.03. The summed E-state index contributed by atoms with van der Waals surface area (Å²) >= 11 is 0. The van der Waals surface area contributed by atoms with Gasteiger partial charge in [0, 0.05) is 0 Å². The van der Waals surface area contributed by atoms with Crippen LogP contribution >= 0.6 is 0 Å². The first-order chi connectivity index (χ1) is 4.86. The molecule has 0 heterocycles. The van der Waals surface area contributed by atoms with Crippen molar-refractivity contribution in [2.45, 2.75) is 0 Å². The van der Waals surface area contributed by atoms with Crippen molar-refractivity contribution in [3.63, 3.8) is 0 Å². The summed E-state index contributed by atoms with van der Waals surface area (Å²) in [5.41, 5.74) is 1.73. The van der Waals surface area contributed by atoms with Crippen molar-refractivity contribution in [1.82, 2.24) is 0 Å². The molecule has 1 aromatic carbocycles. The SMILES string of the molecule is [CH2-][NH2+]c1ccc(C#N)cc1. The first-order valence-corrected chi connectivity index (χ1v) is 2.99. The van der Waals surface area contributed by atoms with Crippen LogP contribution in [-0.4, -0.2) is 0 Å². The monoisotopic (exact) mass is 132 g/mol. The molecular weight excluding hydrogens is 124 g/mol. The molecule has 2 N–H and O–H groups in total. The van der Waals surface area contributed by atoms with Gasteiger partial charge in [-0.2, -0.15) is 5.26 Å². The van der Waals surface area contributed by atoms with Gasteiger partial charge in [-0.25, -0.2) is 0 Å². The number of nitriles is 1. The largest absolute Gasteiger partial charge is 0.446 e. The average molecular weight is 132 g/mol. The van der Waals surface area contributed by atoms with Crippen LogP contribution in [0.15, 0.2) is 24.3 Å². The maximum absolute atomic E-state index is 8.43. The van der Waals surface area contributed by atoms with E-state index in [0.29, 0.717) is 5.56 Å². The van der Waals surface area contributed by atoms with E-state index in [0.717, 1.165) is 5.69 Å². The van der Waals surface area contributed by atoms with E-state index in [9.17, 15) is 0 Å². The summed E-state index contributed by atoms with van der Waals surface area (Å²) in [5, 5.41) is 10.2. The second kappa shape index (κ2) is 3.00. The number of quaternary nitrogens is 1. The van der Waals surface area contributed by atoms with E-state index in [2.05, 4.69) is 7.05 Å². The second-order valence-corrected chi connectivity index (χ2v) is 1.94. The molecular formula is C8H8N2. The highest BCUT2D eigenvalue weighted by atomic mass is 14.8. The highest BCUT2D eigenvalue weighted by Gasteiger charge is 1.89. The number of nitrogens with zero attached hydrogens (tertiary/aromatic N) is 1. The molecule has 0 aromatic heterocycles. The van der Waals surface area contributed by atoms with Crippen molar-refractivity contribution in [3.8, 4) is 6.07 Å². The molecule has 50 valence electrons. The molecule has 0 fully saturated rings. The standard InChI is InChI=1S/C8H8N2/c1-10-8-4-2-7(6-9)3-5-8/h2-5H,1,10H2. The minimum atomic E-state index is 0.686. The highest BCUT2D eigenvalue weighted by Crippen LogP contribution is 2.01. The summed E-state index contributed by atoms with van der Waals surface area (Å²) in [5.74, 6) is 0. The van der Waals surface area contributed by atoms with E-state index in [4.69, 9.17) is 5.26 Å². The lowest BCUT2D eigenvalue weighted by molar-refractivity contribution is -0.504. The van der Waals surface area contributed by atoms with Gasteiger partial charge in [0.25, 0.3) is 0 Å². The number of hydrogen-bond donors (Lipinski definition) is 1. The summed E-state index contributed by atoms with van der Waals surface area (Å²) in [7, 11) is 3.60. The molecule has 2 nitrogen and oxygen atoms in total. The molecule has 0 aliphatic heterocycles. The molecule has 0 unspecified atom stereocenters. The van der Waals surface area contributed by atoms with Crippen LogP contribution in [0.3, 0.4) is 0 Å². The normalized spacial score (nSPS) is 8.80. The molecule has 0 aliphatic rings. The van der Waals surface area contributed by atoms with Crippen molar-refractivity contribution >= 4 is 5.69 Å². The first kappa shape index (κ1) is 6.79. The molecule has 0 saturated carbocycles. The van der Waals surface area contributed by atoms with Gasteiger partial charge in [-0.3, -0.25) is 0 Å². The van der Waals surface area contributed by atoms with Gasteiger partial charge in [0.05, 0.1) is 11.6 Å². The van der Waals surface area contributed by atoms with E-state index in [1.165, 1.54) is 0 Å². The third-order valence-electron chi connectivity index (χ3n) is 1.28. The maximum Gasteiger partial charge on any atom is 0.103 e. The number of rotatable bonds is 1. The predicted octanol–water partition coefficient (Wildman–Crippen LogP) is 0.545. The van der Waals surface area contributed by atoms with E-state index >= 15 is 0 Å². The Labute approximate surface area is 60.1 Å². The van der Waals surface area contributed by atoms with E-state index in [-0.39, 0.29) is 0 Å². The zero-order chi connectivity index (χ0) is 7.40. The van der Waals surface area contributed by atoms with Crippen molar-refractivity contribution in [1.29, 1.82) is 5.26 Å². The van der Waals surface area contributed by atoms with Crippen LogP contribution in [-0.2, 0) is 0 Å². The molecule has 1 aromatic rings. The van der Waals surface area contributed by atoms with Gasteiger partial charge in [-0.05, 0) is 24.3 Å². The Balaban J connectivity index is 2.93. The van der Waals surface area contributed by atoms with Gasteiger partial charge in [-0.1, -0.05) is 0 Å². The maximum atomic E-state index is 8.43. The highest BCUT2D eigenvalue weighted by molar-refractivity contribution is 5.37. The zero-order valence-corrected chi connectivity index (χ0v) is 5.54. The minimum absolute atomic E-state index is 0.686. The summed E-state index contributed by atoms with van der Waals surface area (Å²) in [6, 6.07) is 9.33. The predicted molar refractivity (Wildman–Crippen MR) is 38.1 cm³/mol. The fourth-order valence-corrected chi connectivity index (χ4v) is 0.694. The van der Waals surface area contributed by atoms with Crippen LogP contribution in [0.5, 0.6) is 0 Å². The molecule has 0 spiro atoms. The Morgan fingerprint density at radius 3 is 2.30 bits per heavy atom. The molecule has 10 heavy (non-hydrogen) atoms. The lowest BCUT2D eigenvalue weighted by Gasteiger charge is -1.96.